The molecule has 1 atom stereocenters. The second-order valence-corrected chi connectivity index (χ2v) is 6.18. The van der Waals surface area contributed by atoms with E-state index in [0.717, 1.165) is 27.2 Å². The summed E-state index contributed by atoms with van der Waals surface area (Å²) in [6.07, 6.45) is 0.664. The van der Waals surface area contributed by atoms with E-state index in [1.807, 2.05) is 38.1 Å². The van der Waals surface area contributed by atoms with Crippen molar-refractivity contribution in [1.82, 2.24) is 15.5 Å². The molecule has 0 radical (unpaired) electrons. The third-order valence-electron chi connectivity index (χ3n) is 4.37. The number of urea groups is 1. The molecule has 7 heteroatoms. The third kappa shape index (κ3) is 3.50. The van der Waals surface area contributed by atoms with E-state index in [0.29, 0.717) is 6.42 Å². The number of benzene rings is 1. The molecule has 0 spiro atoms. The topological polar surface area (TPSA) is 91.7 Å². The zero-order valence-corrected chi connectivity index (χ0v) is 14.3. The summed E-state index contributed by atoms with van der Waals surface area (Å²) in [6.45, 7) is 4.13. The van der Waals surface area contributed by atoms with E-state index in [1.165, 1.54) is 0 Å². The monoisotopic (exact) mass is 343 g/mol. The van der Waals surface area contributed by atoms with Crippen LogP contribution in [-0.2, 0) is 9.59 Å². The number of rotatable bonds is 6. The molecule has 4 amide bonds. The number of nitrogens with one attached hydrogen (secondary N) is 2. The first-order valence-corrected chi connectivity index (χ1v) is 8.33. The predicted molar refractivity (Wildman–Crippen MR) is 91.9 cm³/mol. The Morgan fingerprint density at radius 3 is 2.80 bits per heavy atom. The molecular weight excluding hydrogens is 322 g/mol. The molecule has 1 aromatic carbocycles. The van der Waals surface area contributed by atoms with Crippen molar-refractivity contribution in [2.45, 2.75) is 32.7 Å². The van der Waals surface area contributed by atoms with Crippen LogP contribution in [0.2, 0.25) is 0 Å². The fourth-order valence-corrected chi connectivity index (χ4v) is 3.06. The van der Waals surface area contributed by atoms with Crippen LogP contribution in [0.1, 0.15) is 37.1 Å². The number of fused-ring (bicyclic) bond motifs is 1. The lowest BCUT2D eigenvalue weighted by molar-refractivity contribution is -0.126. The quantitative estimate of drug-likeness (QED) is 0.787. The van der Waals surface area contributed by atoms with Crippen LogP contribution >= 0.6 is 0 Å². The molecule has 3 rings (SSSR count). The van der Waals surface area contributed by atoms with Crippen LogP contribution < -0.4 is 10.6 Å². The lowest BCUT2D eigenvalue weighted by atomic mass is 10.1. The van der Waals surface area contributed by atoms with Gasteiger partial charge in [-0.2, -0.15) is 0 Å². The van der Waals surface area contributed by atoms with Crippen molar-refractivity contribution in [2.24, 2.45) is 0 Å². The van der Waals surface area contributed by atoms with Gasteiger partial charge in [0, 0.05) is 23.9 Å². The van der Waals surface area contributed by atoms with Crippen molar-refractivity contribution in [2.75, 3.05) is 13.1 Å². The van der Waals surface area contributed by atoms with Crippen molar-refractivity contribution >= 4 is 28.8 Å². The largest absolute Gasteiger partial charge is 0.459 e. The number of nitrogens with zero attached hydrogens (tertiary/aromatic N) is 1. The van der Waals surface area contributed by atoms with Crippen LogP contribution in [-0.4, -0.2) is 35.8 Å². The molecule has 0 saturated carbocycles. The molecule has 1 aliphatic rings. The highest BCUT2D eigenvalue weighted by molar-refractivity contribution is 6.01. The summed E-state index contributed by atoms with van der Waals surface area (Å²) < 4.78 is 5.85. The highest BCUT2D eigenvalue weighted by Crippen LogP contribution is 2.29. The summed E-state index contributed by atoms with van der Waals surface area (Å²) in [5.74, 6) is 0.347. The van der Waals surface area contributed by atoms with Gasteiger partial charge in [0.05, 0.1) is 12.6 Å². The number of para-hydroxylation sites is 1. The van der Waals surface area contributed by atoms with Gasteiger partial charge >= 0.3 is 6.03 Å². The van der Waals surface area contributed by atoms with Crippen LogP contribution in [0.15, 0.2) is 28.7 Å². The number of amides is 4. The Hall–Kier alpha value is -2.83. The van der Waals surface area contributed by atoms with Gasteiger partial charge in [0.1, 0.15) is 11.3 Å². The molecule has 1 unspecified atom stereocenters. The Labute approximate surface area is 145 Å². The SMILES string of the molecule is Cc1c(C(C)NC(=O)CCCN2C(=O)CNC2=O)oc2ccccc12. The summed E-state index contributed by atoms with van der Waals surface area (Å²) in [5, 5.41) is 6.40. The number of imide groups is 1. The van der Waals surface area contributed by atoms with E-state index in [1.54, 1.807) is 0 Å². The summed E-state index contributed by atoms with van der Waals surface area (Å²) in [4.78, 5) is 36.2. The van der Waals surface area contributed by atoms with Crippen molar-refractivity contribution in [3.8, 4) is 0 Å². The first-order chi connectivity index (χ1) is 12.0. The molecule has 0 aliphatic carbocycles. The van der Waals surface area contributed by atoms with Gasteiger partial charge in [-0.3, -0.25) is 14.5 Å². The zero-order valence-electron chi connectivity index (χ0n) is 14.3. The maximum Gasteiger partial charge on any atom is 0.324 e. The molecule has 0 bridgehead atoms. The van der Waals surface area contributed by atoms with Gasteiger partial charge in [-0.05, 0) is 26.3 Å². The molecule has 7 nitrogen and oxygen atoms in total. The molecule has 2 heterocycles. The molecule has 2 aromatic rings. The summed E-state index contributed by atoms with van der Waals surface area (Å²) in [6, 6.07) is 7.11. The first kappa shape index (κ1) is 17.0. The predicted octanol–water partition coefficient (Wildman–Crippen LogP) is 2.25. The number of carbonyl (C=O) groups is 3. The molecule has 25 heavy (non-hydrogen) atoms. The molecule has 1 aromatic heterocycles. The van der Waals surface area contributed by atoms with Crippen molar-refractivity contribution in [3.05, 3.63) is 35.6 Å². The number of aryl methyl sites for hydroxylation is 1. The lowest BCUT2D eigenvalue weighted by Crippen LogP contribution is -2.33. The minimum atomic E-state index is -0.392. The Bertz CT molecular complexity index is 811. The van der Waals surface area contributed by atoms with Gasteiger partial charge in [0.25, 0.3) is 0 Å². The Kier molecular flexibility index (Phi) is 4.74. The van der Waals surface area contributed by atoms with E-state index >= 15 is 0 Å². The third-order valence-corrected chi connectivity index (χ3v) is 4.37. The second-order valence-electron chi connectivity index (χ2n) is 6.18. The minimum absolute atomic E-state index is 0.0351. The van der Waals surface area contributed by atoms with Crippen LogP contribution in [0.5, 0.6) is 0 Å². The van der Waals surface area contributed by atoms with Crippen molar-refractivity contribution < 1.29 is 18.8 Å². The highest BCUT2D eigenvalue weighted by atomic mass is 16.3. The average molecular weight is 343 g/mol. The Morgan fingerprint density at radius 1 is 1.36 bits per heavy atom. The second kappa shape index (κ2) is 6.96. The minimum Gasteiger partial charge on any atom is -0.459 e. The maximum atomic E-state index is 12.1. The van der Waals surface area contributed by atoms with Gasteiger partial charge in [-0.15, -0.1) is 0 Å². The highest BCUT2D eigenvalue weighted by Gasteiger charge is 2.27. The number of carbonyl (C=O) groups excluding carboxylic acids is 3. The lowest BCUT2D eigenvalue weighted by Gasteiger charge is -2.14. The molecule has 2 N–H and O–H groups in total. The fourth-order valence-electron chi connectivity index (χ4n) is 3.06. The van der Waals surface area contributed by atoms with Crippen molar-refractivity contribution in [1.29, 1.82) is 0 Å². The number of hydrogen-bond donors (Lipinski definition) is 2. The van der Waals surface area contributed by atoms with Gasteiger partial charge < -0.3 is 15.1 Å². The van der Waals surface area contributed by atoms with Crippen LogP contribution in [0.4, 0.5) is 4.79 Å². The van der Waals surface area contributed by atoms with Crippen molar-refractivity contribution in [3.63, 3.8) is 0 Å². The fraction of sp³-hybridized carbons (Fsp3) is 0.389. The van der Waals surface area contributed by atoms with Gasteiger partial charge in [-0.25, -0.2) is 4.79 Å². The van der Waals surface area contributed by atoms with E-state index in [4.69, 9.17) is 4.42 Å². The molecule has 1 saturated heterocycles. The summed E-state index contributed by atoms with van der Waals surface area (Å²) >= 11 is 0. The van der Waals surface area contributed by atoms with Crippen LogP contribution in [0.3, 0.4) is 0 Å². The zero-order chi connectivity index (χ0) is 18.0. The van der Waals surface area contributed by atoms with E-state index < -0.39 is 6.03 Å². The number of furan rings is 1. The molecule has 1 aliphatic heterocycles. The van der Waals surface area contributed by atoms with Crippen LogP contribution in [0, 0.1) is 6.92 Å². The standard InChI is InChI=1S/C18H21N3O4/c1-11-13-6-3-4-7-14(13)25-17(11)12(2)20-15(22)8-5-9-21-16(23)10-19-18(21)24/h3-4,6-7,12H,5,8-10H2,1-2H3,(H,19,24)(H,20,22). The van der Waals surface area contributed by atoms with Gasteiger partial charge in [-0.1, -0.05) is 18.2 Å². The molecule has 132 valence electrons. The first-order valence-electron chi connectivity index (χ1n) is 8.33. The molecule has 1 fully saturated rings. The van der Waals surface area contributed by atoms with E-state index in [9.17, 15) is 14.4 Å². The summed E-state index contributed by atoms with van der Waals surface area (Å²) in [7, 11) is 0. The normalized spacial score (nSPS) is 15.5. The molecular formula is C18H21N3O4. The Morgan fingerprint density at radius 2 is 2.12 bits per heavy atom. The summed E-state index contributed by atoms with van der Waals surface area (Å²) in [5.41, 5.74) is 1.82. The smallest absolute Gasteiger partial charge is 0.324 e. The van der Waals surface area contributed by atoms with E-state index in [2.05, 4.69) is 10.6 Å². The number of hydrogen-bond acceptors (Lipinski definition) is 4. The van der Waals surface area contributed by atoms with Gasteiger partial charge in [0.15, 0.2) is 0 Å². The van der Waals surface area contributed by atoms with Crippen LogP contribution in [0.25, 0.3) is 11.0 Å². The average Bonchev–Trinajstić information content (AvgIpc) is 3.09. The van der Waals surface area contributed by atoms with Gasteiger partial charge in [0.2, 0.25) is 11.8 Å². The Balaban J connectivity index is 1.54. The van der Waals surface area contributed by atoms with E-state index in [-0.39, 0.29) is 37.4 Å². The maximum absolute atomic E-state index is 12.1.